The lowest BCUT2D eigenvalue weighted by Crippen LogP contribution is -2.55. The number of amides is 2. The first-order chi connectivity index (χ1) is 15.8. The molecule has 1 aromatic heterocycles. The highest BCUT2D eigenvalue weighted by molar-refractivity contribution is 7.80. The lowest BCUT2D eigenvalue weighted by atomic mass is 10.0. The fourth-order valence-electron chi connectivity index (χ4n) is 3.43. The van der Waals surface area contributed by atoms with Gasteiger partial charge in [0.2, 0.25) is 11.8 Å². The van der Waals surface area contributed by atoms with E-state index in [2.05, 4.69) is 28.2 Å². The normalized spacial score (nSPS) is 13.8. The van der Waals surface area contributed by atoms with Crippen molar-refractivity contribution in [3.05, 3.63) is 65.9 Å². The van der Waals surface area contributed by atoms with Gasteiger partial charge in [-0.05, 0) is 29.3 Å². The lowest BCUT2D eigenvalue weighted by Gasteiger charge is -2.23. The molecule has 2 aromatic carbocycles. The molecule has 2 amide bonds. The molecule has 0 saturated heterocycles. The van der Waals surface area contributed by atoms with E-state index in [9.17, 15) is 24.6 Å². The number of hydrogen-bond donors (Lipinski definition) is 7. The second-order valence-electron chi connectivity index (χ2n) is 7.68. The molecule has 0 saturated carbocycles. The van der Waals surface area contributed by atoms with Gasteiger partial charge in [0, 0.05) is 35.7 Å². The molecule has 9 nitrogen and oxygen atoms in total. The predicted octanol–water partition coefficient (Wildman–Crippen LogP) is 0.970. The molecule has 0 unspecified atom stereocenters. The maximum absolute atomic E-state index is 13.1. The number of carbonyl (C=O) groups excluding carboxylic acids is 2. The van der Waals surface area contributed by atoms with Crippen molar-refractivity contribution < 1.29 is 24.6 Å². The summed E-state index contributed by atoms with van der Waals surface area (Å²) in [6.45, 7) is 0. The van der Waals surface area contributed by atoms with E-state index < -0.39 is 35.9 Å². The number of nitrogens with two attached hydrogens (primary N) is 1. The molecule has 0 spiro atoms. The maximum atomic E-state index is 13.1. The SMILES string of the molecule is N[C@H](CS)C(=O)N[C@@H](Cc1ccc(O)cc1)C(=O)N[C@H](Cc1c[nH]c2ccccc12)C(=O)O. The summed E-state index contributed by atoms with van der Waals surface area (Å²) in [5.41, 5.74) is 7.99. The Hall–Kier alpha value is -3.50. The van der Waals surface area contributed by atoms with Crippen molar-refractivity contribution in [1.82, 2.24) is 15.6 Å². The molecule has 7 N–H and O–H groups in total. The fraction of sp³-hybridized carbons (Fsp3) is 0.261. The molecule has 0 fully saturated rings. The van der Waals surface area contributed by atoms with E-state index in [1.807, 2.05) is 24.3 Å². The summed E-state index contributed by atoms with van der Waals surface area (Å²) < 4.78 is 0. The number of carboxylic acid groups (broad SMARTS) is 1. The van der Waals surface area contributed by atoms with Crippen LogP contribution in [0.2, 0.25) is 0 Å². The average Bonchev–Trinajstić information content (AvgIpc) is 3.21. The third-order valence-electron chi connectivity index (χ3n) is 5.26. The lowest BCUT2D eigenvalue weighted by molar-refractivity contribution is -0.142. The quantitative estimate of drug-likeness (QED) is 0.219. The van der Waals surface area contributed by atoms with Crippen molar-refractivity contribution in [2.45, 2.75) is 31.0 Å². The molecule has 10 heteroatoms. The monoisotopic (exact) mass is 470 g/mol. The van der Waals surface area contributed by atoms with E-state index in [1.165, 1.54) is 12.1 Å². The van der Waals surface area contributed by atoms with Gasteiger partial charge in [-0.3, -0.25) is 9.59 Å². The van der Waals surface area contributed by atoms with Crippen LogP contribution in [0.25, 0.3) is 10.9 Å². The van der Waals surface area contributed by atoms with Crippen LogP contribution in [0.5, 0.6) is 5.75 Å². The van der Waals surface area contributed by atoms with E-state index in [0.717, 1.165) is 16.5 Å². The topological polar surface area (TPSA) is 158 Å². The summed E-state index contributed by atoms with van der Waals surface area (Å²) in [6.07, 6.45) is 1.85. The number of carbonyl (C=O) groups is 3. The van der Waals surface area contributed by atoms with Crippen LogP contribution in [0, 0.1) is 0 Å². The minimum atomic E-state index is -1.21. The number of phenols is 1. The first-order valence-corrected chi connectivity index (χ1v) is 10.9. The van der Waals surface area contributed by atoms with Gasteiger partial charge < -0.3 is 31.6 Å². The number of thiol groups is 1. The van der Waals surface area contributed by atoms with Crippen molar-refractivity contribution in [1.29, 1.82) is 0 Å². The highest BCUT2D eigenvalue weighted by atomic mass is 32.1. The van der Waals surface area contributed by atoms with Crippen LogP contribution in [-0.4, -0.2) is 56.9 Å². The van der Waals surface area contributed by atoms with Gasteiger partial charge in [0.1, 0.15) is 17.8 Å². The molecule has 0 aliphatic rings. The van der Waals surface area contributed by atoms with E-state index >= 15 is 0 Å². The Morgan fingerprint density at radius 3 is 2.30 bits per heavy atom. The Labute approximate surface area is 195 Å². The Morgan fingerprint density at radius 2 is 1.64 bits per heavy atom. The third-order valence-corrected chi connectivity index (χ3v) is 5.65. The van der Waals surface area contributed by atoms with Crippen molar-refractivity contribution in [2.24, 2.45) is 5.73 Å². The summed E-state index contributed by atoms with van der Waals surface area (Å²) in [4.78, 5) is 40.4. The summed E-state index contributed by atoms with van der Waals surface area (Å²) in [7, 11) is 0. The first-order valence-electron chi connectivity index (χ1n) is 10.3. The van der Waals surface area contributed by atoms with Gasteiger partial charge in [0.25, 0.3) is 0 Å². The Morgan fingerprint density at radius 1 is 0.970 bits per heavy atom. The first kappa shape index (κ1) is 24.1. The zero-order chi connectivity index (χ0) is 24.0. The van der Waals surface area contributed by atoms with Crippen LogP contribution in [-0.2, 0) is 27.2 Å². The number of benzene rings is 2. The molecule has 3 atom stereocenters. The number of nitrogens with one attached hydrogen (secondary N) is 3. The zero-order valence-electron chi connectivity index (χ0n) is 17.7. The van der Waals surface area contributed by atoms with Gasteiger partial charge in [-0.1, -0.05) is 30.3 Å². The average molecular weight is 471 g/mol. The number of para-hydroxylation sites is 1. The van der Waals surface area contributed by atoms with Crippen LogP contribution < -0.4 is 16.4 Å². The van der Waals surface area contributed by atoms with Gasteiger partial charge in [-0.15, -0.1) is 0 Å². The smallest absolute Gasteiger partial charge is 0.326 e. The van der Waals surface area contributed by atoms with Crippen LogP contribution in [0.1, 0.15) is 11.1 Å². The van der Waals surface area contributed by atoms with Crippen molar-refractivity contribution in [3.63, 3.8) is 0 Å². The van der Waals surface area contributed by atoms with Crippen molar-refractivity contribution in [2.75, 3.05) is 5.75 Å². The molecule has 3 aromatic rings. The van der Waals surface area contributed by atoms with E-state index in [4.69, 9.17) is 5.73 Å². The molecular formula is C23H26N4O5S. The molecule has 0 aliphatic carbocycles. The molecule has 3 rings (SSSR count). The predicted molar refractivity (Wildman–Crippen MR) is 127 cm³/mol. The third kappa shape index (κ3) is 6.27. The number of aromatic nitrogens is 1. The van der Waals surface area contributed by atoms with Crippen molar-refractivity contribution >= 4 is 41.3 Å². The molecule has 174 valence electrons. The van der Waals surface area contributed by atoms with Crippen molar-refractivity contribution in [3.8, 4) is 5.75 Å². The van der Waals surface area contributed by atoms with Gasteiger partial charge in [0.15, 0.2) is 0 Å². The zero-order valence-corrected chi connectivity index (χ0v) is 18.6. The second-order valence-corrected chi connectivity index (χ2v) is 8.05. The number of fused-ring (bicyclic) bond motifs is 1. The van der Waals surface area contributed by atoms with Crippen LogP contribution in [0.15, 0.2) is 54.7 Å². The molecule has 0 radical (unpaired) electrons. The van der Waals surface area contributed by atoms with Gasteiger partial charge in [-0.25, -0.2) is 4.79 Å². The minimum absolute atomic E-state index is 0.0567. The number of carboxylic acids is 1. The highest BCUT2D eigenvalue weighted by Crippen LogP contribution is 2.19. The number of aromatic amines is 1. The number of phenolic OH excluding ortho intramolecular Hbond substituents is 1. The van der Waals surface area contributed by atoms with Gasteiger partial charge >= 0.3 is 5.97 Å². The Balaban J connectivity index is 1.79. The Bertz CT molecular complexity index is 1130. The number of aromatic hydroxyl groups is 1. The van der Waals surface area contributed by atoms with Crippen LogP contribution in [0.4, 0.5) is 0 Å². The second kappa shape index (κ2) is 10.9. The van der Waals surface area contributed by atoms with Crippen LogP contribution in [0.3, 0.4) is 0 Å². The number of H-pyrrole nitrogens is 1. The van der Waals surface area contributed by atoms with E-state index in [1.54, 1.807) is 18.3 Å². The molecular weight excluding hydrogens is 444 g/mol. The van der Waals surface area contributed by atoms with Gasteiger partial charge in [0.05, 0.1) is 6.04 Å². The molecule has 0 aliphatic heterocycles. The largest absolute Gasteiger partial charge is 0.508 e. The summed E-state index contributed by atoms with van der Waals surface area (Å²) in [5.74, 6) is -2.29. The maximum Gasteiger partial charge on any atom is 0.326 e. The van der Waals surface area contributed by atoms with Gasteiger partial charge in [-0.2, -0.15) is 12.6 Å². The van der Waals surface area contributed by atoms with Crippen LogP contribution >= 0.6 is 12.6 Å². The highest BCUT2D eigenvalue weighted by Gasteiger charge is 2.28. The minimum Gasteiger partial charge on any atom is -0.508 e. The number of aliphatic carboxylic acids is 1. The molecule has 33 heavy (non-hydrogen) atoms. The van der Waals surface area contributed by atoms with E-state index in [-0.39, 0.29) is 24.3 Å². The molecule has 0 bridgehead atoms. The summed E-state index contributed by atoms with van der Waals surface area (Å²) in [6, 6.07) is 10.4. The standard InChI is InChI=1S/C23H26N4O5S/c24-17(12-33)21(29)26-19(9-13-5-7-15(28)8-6-13)22(30)27-20(23(31)32)10-14-11-25-18-4-2-1-3-16(14)18/h1-8,11,17,19-20,25,28,33H,9-10,12,24H2,(H,26,29)(H,27,30)(H,31,32)/t17-,19+,20-/m1/s1. The summed E-state index contributed by atoms with van der Waals surface area (Å²) >= 11 is 4.01. The van der Waals surface area contributed by atoms with E-state index in [0.29, 0.717) is 5.56 Å². The Kier molecular flexibility index (Phi) is 7.96. The fourth-order valence-corrected chi connectivity index (χ4v) is 3.60. The molecule has 1 heterocycles. The number of hydrogen-bond acceptors (Lipinski definition) is 6. The summed E-state index contributed by atoms with van der Waals surface area (Å²) in [5, 5.41) is 25.2. The number of rotatable bonds is 10.